The van der Waals surface area contributed by atoms with Crippen molar-refractivity contribution >= 4 is 11.8 Å². The van der Waals surface area contributed by atoms with Crippen LogP contribution in [0.2, 0.25) is 0 Å². The topological polar surface area (TPSA) is 48.2 Å². The van der Waals surface area contributed by atoms with Crippen LogP contribution in [-0.4, -0.2) is 17.3 Å². The van der Waals surface area contributed by atoms with Gasteiger partial charge in [0.25, 0.3) is 0 Å². The average Bonchev–Trinajstić information content (AvgIpc) is 3.03. The first-order chi connectivity index (χ1) is 10.8. The number of aromatic nitrogens is 2. The van der Waals surface area contributed by atoms with E-state index in [9.17, 15) is 4.39 Å². The van der Waals surface area contributed by atoms with Gasteiger partial charge in [-0.2, -0.15) is 4.98 Å². The molecule has 0 aliphatic rings. The van der Waals surface area contributed by atoms with E-state index in [1.54, 1.807) is 31.0 Å². The van der Waals surface area contributed by atoms with Gasteiger partial charge in [-0.1, -0.05) is 17.3 Å². The summed E-state index contributed by atoms with van der Waals surface area (Å²) >= 11 is 1.55. The van der Waals surface area contributed by atoms with Crippen molar-refractivity contribution < 1.29 is 13.7 Å². The number of hydrogen-bond acceptors (Lipinski definition) is 5. The molecule has 4 nitrogen and oxygen atoms in total. The molecular weight excluding hydrogens is 303 g/mol. The van der Waals surface area contributed by atoms with Gasteiger partial charge >= 0.3 is 0 Å². The van der Waals surface area contributed by atoms with Crippen molar-refractivity contribution in [2.24, 2.45) is 0 Å². The summed E-state index contributed by atoms with van der Waals surface area (Å²) in [7, 11) is 1.64. The van der Waals surface area contributed by atoms with Crippen molar-refractivity contribution in [3.05, 3.63) is 60.2 Å². The second kappa shape index (κ2) is 6.62. The van der Waals surface area contributed by atoms with E-state index in [2.05, 4.69) is 10.1 Å². The minimum Gasteiger partial charge on any atom is -0.496 e. The Morgan fingerprint density at radius 1 is 1.14 bits per heavy atom. The van der Waals surface area contributed by atoms with Gasteiger partial charge in [-0.25, -0.2) is 4.39 Å². The van der Waals surface area contributed by atoms with Crippen LogP contribution in [0.1, 0.15) is 5.89 Å². The Balaban J connectivity index is 1.71. The summed E-state index contributed by atoms with van der Waals surface area (Å²) in [5, 5.41) is 3.92. The summed E-state index contributed by atoms with van der Waals surface area (Å²) in [5.74, 6) is 2.02. The van der Waals surface area contributed by atoms with E-state index in [4.69, 9.17) is 9.26 Å². The summed E-state index contributed by atoms with van der Waals surface area (Å²) in [4.78, 5) is 5.32. The van der Waals surface area contributed by atoms with Gasteiger partial charge in [0.05, 0.1) is 12.9 Å². The molecule has 22 heavy (non-hydrogen) atoms. The molecule has 0 bridgehead atoms. The van der Waals surface area contributed by atoms with Crippen molar-refractivity contribution in [3.8, 4) is 17.1 Å². The summed E-state index contributed by atoms with van der Waals surface area (Å²) in [5.41, 5.74) is 0.721. The molecule has 3 rings (SSSR count). The highest BCUT2D eigenvalue weighted by molar-refractivity contribution is 7.98. The van der Waals surface area contributed by atoms with Gasteiger partial charge < -0.3 is 9.26 Å². The van der Waals surface area contributed by atoms with Crippen LogP contribution in [0.5, 0.6) is 5.75 Å². The lowest BCUT2D eigenvalue weighted by atomic mass is 10.2. The standard InChI is InChI=1S/C16H13FN2O2S/c1-20-13-4-2-3-5-14(13)22-10-15-18-16(19-21-15)11-6-8-12(17)9-7-11/h2-9H,10H2,1H3. The van der Waals surface area contributed by atoms with Crippen molar-refractivity contribution in [2.45, 2.75) is 10.6 Å². The molecule has 0 saturated heterocycles. The van der Waals surface area contributed by atoms with Gasteiger partial charge in [0, 0.05) is 10.5 Å². The first-order valence-corrected chi connectivity index (χ1v) is 7.59. The Labute approximate surface area is 131 Å². The van der Waals surface area contributed by atoms with Crippen molar-refractivity contribution in [3.63, 3.8) is 0 Å². The molecule has 3 aromatic rings. The zero-order chi connectivity index (χ0) is 15.4. The molecule has 112 valence electrons. The number of halogens is 1. The Bertz CT molecular complexity index is 759. The lowest BCUT2D eigenvalue weighted by molar-refractivity contribution is 0.391. The predicted molar refractivity (Wildman–Crippen MR) is 82.2 cm³/mol. The van der Waals surface area contributed by atoms with Gasteiger partial charge in [-0.05, 0) is 36.4 Å². The number of hydrogen-bond donors (Lipinski definition) is 0. The number of methoxy groups -OCH3 is 1. The lowest BCUT2D eigenvalue weighted by Gasteiger charge is -2.05. The third kappa shape index (κ3) is 3.28. The van der Waals surface area contributed by atoms with Gasteiger partial charge in [0.15, 0.2) is 0 Å². The first kappa shape index (κ1) is 14.6. The molecule has 0 radical (unpaired) electrons. The molecule has 0 unspecified atom stereocenters. The van der Waals surface area contributed by atoms with Gasteiger partial charge in [-0.3, -0.25) is 0 Å². The van der Waals surface area contributed by atoms with Crippen LogP contribution in [0.4, 0.5) is 4.39 Å². The van der Waals surface area contributed by atoms with Crippen molar-refractivity contribution in [1.29, 1.82) is 0 Å². The largest absolute Gasteiger partial charge is 0.496 e. The highest BCUT2D eigenvalue weighted by Crippen LogP contribution is 2.31. The van der Waals surface area contributed by atoms with E-state index < -0.39 is 0 Å². The molecule has 0 saturated carbocycles. The number of nitrogens with zero attached hydrogens (tertiary/aromatic N) is 2. The van der Waals surface area contributed by atoms with Crippen LogP contribution in [-0.2, 0) is 5.75 Å². The molecule has 0 amide bonds. The Kier molecular flexibility index (Phi) is 4.39. The SMILES string of the molecule is COc1ccccc1SCc1nc(-c2ccc(F)cc2)no1. The molecule has 0 N–H and O–H groups in total. The predicted octanol–water partition coefficient (Wildman–Crippen LogP) is 4.18. The fourth-order valence-electron chi connectivity index (χ4n) is 1.91. The molecular formula is C16H13FN2O2S. The number of rotatable bonds is 5. The second-order valence-corrected chi connectivity index (χ2v) is 5.48. The third-order valence-corrected chi connectivity index (χ3v) is 4.03. The monoisotopic (exact) mass is 316 g/mol. The summed E-state index contributed by atoms with van der Waals surface area (Å²) in [6.45, 7) is 0. The van der Waals surface area contributed by atoms with Crippen LogP contribution in [0.15, 0.2) is 57.9 Å². The zero-order valence-corrected chi connectivity index (χ0v) is 12.6. The molecule has 0 fully saturated rings. The van der Waals surface area contributed by atoms with E-state index in [0.717, 1.165) is 16.2 Å². The quantitative estimate of drug-likeness (QED) is 0.661. The molecule has 0 aliphatic carbocycles. The van der Waals surface area contributed by atoms with Crippen LogP contribution in [0.3, 0.4) is 0 Å². The fraction of sp³-hybridized carbons (Fsp3) is 0.125. The zero-order valence-electron chi connectivity index (χ0n) is 11.8. The van der Waals surface area contributed by atoms with Gasteiger partial charge in [0.1, 0.15) is 11.6 Å². The fourth-order valence-corrected chi connectivity index (χ4v) is 2.77. The van der Waals surface area contributed by atoms with Crippen LogP contribution in [0.25, 0.3) is 11.4 Å². The molecule has 0 atom stereocenters. The summed E-state index contributed by atoms with van der Waals surface area (Å²) in [6, 6.07) is 13.7. The van der Waals surface area contributed by atoms with E-state index in [1.165, 1.54) is 12.1 Å². The highest BCUT2D eigenvalue weighted by Gasteiger charge is 2.10. The lowest BCUT2D eigenvalue weighted by Crippen LogP contribution is -1.87. The molecule has 6 heteroatoms. The number of benzene rings is 2. The normalized spacial score (nSPS) is 10.6. The van der Waals surface area contributed by atoms with E-state index in [-0.39, 0.29) is 5.82 Å². The van der Waals surface area contributed by atoms with Crippen LogP contribution >= 0.6 is 11.8 Å². The molecule has 1 heterocycles. The minimum atomic E-state index is -0.292. The number of ether oxygens (including phenoxy) is 1. The van der Waals surface area contributed by atoms with E-state index in [1.807, 2.05) is 24.3 Å². The maximum Gasteiger partial charge on any atom is 0.237 e. The maximum atomic E-state index is 12.9. The Morgan fingerprint density at radius 2 is 1.91 bits per heavy atom. The van der Waals surface area contributed by atoms with Gasteiger partial charge in [-0.15, -0.1) is 11.8 Å². The van der Waals surface area contributed by atoms with Crippen LogP contribution in [0, 0.1) is 5.82 Å². The molecule has 0 spiro atoms. The molecule has 0 aliphatic heterocycles. The summed E-state index contributed by atoms with van der Waals surface area (Å²) in [6.07, 6.45) is 0. The molecule has 1 aromatic heterocycles. The minimum absolute atomic E-state index is 0.292. The van der Waals surface area contributed by atoms with Crippen LogP contribution < -0.4 is 4.74 Å². The first-order valence-electron chi connectivity index (χ1n) is 6.60. The van der Waals surface area contributed by atoms with Crippen molar-refractivity contribution in [2.75, 3.05) is 7.11 Å². The second-order valence-electron chi connectivity index (χ2n) is 4.46. The number of thioether (sulfide) groups is 1. The highest BCUT2D eigenvalue weighted by atomic mass is 32.2. The molecule has 2 aromatic carbocycles. The van der Waals surface area contributed by atoms with E-state index >= 15 is 0 Å². The van der Waals surface area contributed by atoms with Gasteiger partial charge in [0.2, 0.25) is 11.7 Å². The number of para-hydroxylation sites is 1. The van der Waals surface area contributed by atoms with Crippen molar-refractivity contribution in [1.82, 2.24) is 10.1 Å². The van der Waals surface area contributed by atoms with E-state index in [0.29, 0.717) is 17.5 Å². The maximum absolute atomic E-state index is 12.9. The average molecular weight is 316 g/mol. The smallest absolute Gasteiger partial charge is 0.237 e. The Morgan fingerprint density at radius 3 is 2.68 bits per heavy atom. The summed E-state index contributed by atoms with van der Waals surface area (Å²) < 4.78 is 23.4. The Hall–Kier alpha value is -2.34. The third-order valence-electron chi connectivity index (χ3n) is 2.99.